The van der Waals surface area contributed by atoms with Gasteiger partial charge in [0, 0.05) is 6.42 Å². The Labute approximate surface area is 97.4 Å². The van der Waals surface area contributed by atoms with Crippen molar-refractivity contribution in [3.05, 3.63) is 0 Å². The molecule has 1 atom stereocenters. The highest BCUT2D eigenvalue weighted by atomic mass is 16.4. The Hall–Kier alpha value is -1.06. The number of nitrogens with one attached hydrogen (secondary N) is 1. The first-order valence-corrected chi connectivity index (χ1v) is 6.01. The van der Waals surface area contributed by atoms with Crippen molar-refractivity contribution in [1.29, 1.82) is 0 Å². The lowest BCUT2D eigenvalue weighted by Gasteiger charge is -2.17. The Morgan fingerprint density at radius 1 is 1.19 bits per heavy atom. The Kier molecular flexibility index (Phi) is 7.60. The van der Waals surface area contributed by atoms with Gasteiger partial charge in [-0.3, -0.25) is 4.79 Å². The number of carboxylic acids is 1. The highest BCUT2D eigenvalue weighted by Gasteiger charge is 2.22. The molecule has 0 saturated carbocycles. The number of hydrogen-bond acceptors (Lipinski definition) is 2. The maximum atomic E-state index is 11.5. The molecule has 0 aliphatic heterocycles. The van der Waals surface area contributed by atoms with Crippen LogP contribution in [0.3, 0.4) is 0 Å². The van der Waals surface area contributed by atoms with Gasteiger partial charge in [-0.25, -0.2) is 4.79 Å². The first-order valence-electron chi connectivity index (χ1n) is 6.01. The first kappa shape index (κ1) is 14.9. The summed E-state index contributed by atoms with van der Waals surface area (Å²) in [7, 11) is 0. The van der Waals surface area contributed by atoms with E-state index in [9.17, 15) is 9.59 Å². The number of carbonyl (C=O) groups excluding carboxylic acids is 1. The molecular formula is C12H23NO3. The number of aliphatic carboxylic acids is 1. The average Bonchev–Trinajstić information content (AvgIpc) is 2.20. The third-order valence-corrected chi connectivity index (χ3v) is 2.51. The molecule has 0 rings (SSSR count). The first-order chi connectivity index (χ1) is 7.49. The quantitative estimate of drug-likeness (QED) is 0.627. The second-order valence-corrected chi connectivity index (χ2v) is 4.44. The number of carboxylic acid groups (broad SMARTS) is 1. The molecule has 0 fully saturated rings. The van der Waals surface area contributed by atoms with Crippen molar-refractivity contribution in [2.75, 3.05) is 0 Å². The van der Waals surface area contributed by atoms with E-state index in [0.717, 1.165) is 25.7 Å². The van der Waals surface area contributed by atoms with Crippen LogP contribution in [0.25, 0.3) is 0 Å². The highest BCUT2D eigenvalue weighted by Crippen LogP contribution is 2.05. The zero-order valence-electron chi connectivity index (χ0n) is 10.5. The molecule has 0 aromatic rings. The van der Waals surface area contributed by atoms with Crippen LogP contribution in [0, 0.1) is 5.92 Å². The lowest BCUT2D eigenvalue weighted by atomic mass is 10.0. The van der Waals surface area contributed by atoms with Gasteiger partial charge in [0.15, 0.2) is 0 Å². The van der Waals surface area contributed by atoms with Crippen molar-refractivity contribution in [3.63, 3.8) is 0 Å². The van der Waals surface area contributed by atoms with Gasteiger partial charge in [-0.05, 0) is 12.3 Å². The topological polar surface area (TPSA) is 66.4 Å². The van der Waals surface area contributed by atoms with Crippen LogP contribution in [0.4, 0.5) is 0 Å². The maximum absolute atomic E-state index is 11.5. The number of amides is 1. The van der Waals surface area contributed by atoms with E-state index >= 15 is 0 Å². The molecular weight excluding hydrogens is 206 g/mol. The van der Waals surface area contributed by atoms with Crippen molar-refractivity contribution in [2.45, 2.75) is 58.9 Å². The summed E-state index contributed by atoms with van der Waals surface area (Å²) in [6, 6.07) is -0.765. The second kappa shape index (κ2) is 8.13. The summed E-state index contributed by atoms with van der Waals surface area (Å²) < 4.78 is 0. The Morgan fingerprint density at radius 3 is 2.25 bits per heavy atom. The minimum atomic E-state index is -0.961. The van der Waals surface area contributed by atoms with Crippen molar-refractivity contribution < 1.29 is 14.7 Å². The fourth-order valence-electron chi connectivity index (χ4n) is 1.47. The van der Waals surface area contributed by atoms with Gasteiger partial charge in [0.05, 0.1) is 0 Å². The minimum absolute atomic E-state index is 0.0860. The fourth-order valence-corrected chi connectivity index (χ4v) is 1.47. The van der Waals surface area contributed by atoms with Crippen LogP contribution < -0.4 is 5.32 Å². The van der Waals surface area contributed by atoms with Crippen LogP contribution in [0.1, 0.15) is 52.9 Å². The molecule has 0 aliphatic carbocycles. The predicted octanol–water partition coefficient (Wildman–Crippen LogP) is 2.18. The maximum Gasteiger partial charge on any atom is 0.326 e. The minimum Gasteiger partial charge on any atom is -0.480 e. The summed E-state index contributed by atoms with van der Waals surface area (Å²) in [6.45, 7) is 5.69. The van der Waals surface area contributed by atoms with Gasteiger partial charge >= 0.3 is 5.97 Å². The van der Waals surface area contributed by atoms with E-state index in [1.54, 1.807) is 13.8 Å². The van der Waals surface area contributed by atoms with Crippen molar-refractivity contribution in [2.24, 2.45) is 5.92 Å². The van der Waals surface area contributed by atoms with Crippen molar-refractivity contribution >= 4 is 11.9 Å². The van der Waals surface area contributed by atoms with Crippen LogP contribution in [-0.4, -0.2) is 23.0 Å². The lowest BCUT2D eigenvalue weighted by molar-refractivity contribution is -0.143. The summed E-state index contributed by atoms with van der Waals surface area (Å²) in [5.74, 6) is -1.20. The summed E-state index contributed by atoms with van der Waals surface area (Å²) >= 11 is 0. The van der Waals surface area contributed by atoms with Crippen LogP contribution in [0.2, 0.25) is 0 Å². The van der Waals surface area contributed by atoms with E-state index < -0.39 is 12.0 Å². The summed E-state index contributed by atoms with van der Waals surface area (Å²) in [5.41, 5.74) is 0. The van der Waals surface area contributed by atoms with Gasteiger partial charge in [0.25, 0.3) is 0 Å². The molecule has 2 N–H and O–H groups in total. The monoisotopic (exact) mass is 229 g/mol. The second-order valence-electron chi connectivity index (χ2n) is 4.44. The fraction of sp³-hybridized carbons (Fsp3) is 0.833. The molecule has 1 unspecified atom stereocenters. The lowest BCUT2D eigenvalue weighted by Crippen LogP contribution is -2.44. The molecule has 0 aromatic carbocycles. The van der Waals surface area contributed by atoms with Crippen molar-refractivity contribution in [3.8, 4) is 0 Å². The molecule has 4 heteroatoms. The van der Waals surface area contributed by atoms with Crippen LogP contribution in [-0.2, 0) is 9.59 Å². The summed E-state index contributed by atoms with van der Waals surface area (Å²) in [6.07, 6.45) is 4.55. The standard InChI is InChI=1S/C12H23NO3/c1-4-5-6-7-8-10(14)13-11(9(2)3)12(15)16/h9,11H,4-8H2,1-3H3,(H,13,14)(H,15,16). The number of unbranched alkanes of at least 4 members (excludes halogenated alkanes) is 3. The van der Waals surface area contributed by atoms with Gasteiger partial charge in [-0.2, -0.15) is 0 Å². The molecule has 16 heavy (non-hydrogen) atoms. The molecule has 0 saturated heterocycles. The van der Waals surface area contributed by atoms with E-state index in [0.29, 0.717) is 6.42 Å². The SMILES string of the molecule is CCCCCCC(=O)NC(C(=O)O)C(C)C. The number of hydrogen-bond donors (Lipinski definition) is 2. The Bertz CT molecular complexity index is 226. The molecule has 0 bridgehead atoms. The van der Waals surface area contributed by atoms with E-state index in [2.05, 4.69) is 12.2 Å². The van der Waals surface area contributed by atoms with Gasteiger partial charge in [0.1, 0.15) is 6.04 Å². The smallest absolute Gasteiger partial charge is 0.326 e. The van der Waals surface area contributed by atoms with Crippen LogP contribution in [0.5, 0.6) is 0 Å². The highest BCUT2D eigenvalue weighted by molar-refractivity contribution is 5.83. The van der Waals surface area contributed by atoms with Crippen molar-refractivity contribution in [1.82, 2.24) is 5.32 Å². The summed E-state index contributed by atoms with van der Waals surface area (Å²) in [4.78, 5) is 22.3. The average molecular weight is 229 g/mol. The van der Waals surface area contributed by atoms with E-state index in [1.807, 2.05) is 0 Å². The Balaban J connectivity index is 3.87. The third-order valence-electron chi connectivity index (χ3n) is 2.51. The van der Waals surface area contributed by atoms with E-state index in [1.165, 1.54) is 0 Å². The van der Waals surface area contributed by atoms with E-state index in [4.69, 9.17) is 5.11 Å². The normalized spacial score (nSPS) is 12.5. The van der Waals surface area contributed by atoms with Gasteiger partial charge in [0.2, 0.25) is 5.91 Å². The molecule has 0 heterocycles. The third kappa shape index (κ3) is 6.43. The molecule has 0 aliphatic rings. The van der Waals surface area contributed by atoms with Crippen LogP contribution >= 0.6 is 0 Å². The molecule has 0 aromatic heterocycles. The molecule has 94 valence electrons. The zero-order valence-corrected chi connectivity index (χ0v) is 10.5. The number of carbonyl (C=O) groups is 2. The zero-order chi connectivity index (χ0) is 12.6. The molecule has 4 nitrogen and oxygen atoms in total. The Morgan fingerprint density at radius 2 is 1.81 bits per heavy atom. The molecule has 1 amide bonds. The van der Waals surface area contributed by atoms with E-state index in [-0.39, 0.29) is 11.8 Å². The van der Waals surface area contributed by atoms with Gasteiger partial charge in [-0.1, -0.05) is 40.0 Å². The summed E-state index contributed by atoms with van der Waals surface area (Å²) in [5, 5.41) is 11.4. The molecule has 0 radical (unpaired) electrons. The van der Waals surface area contributed by atoms with Gasteiger partial charge in [-0.15, -0.1) is 0 Å². The number of rotatable bonds is 8. The largest absolute Gasteiger partial charge is 0.480 e. The van der Waals surface area contributed by atoms with Gasteiger partial charge < -0.3 is 10.4 Å². The van der Waals surface area contributed by atoms with Crippen LogP contribution in [0.15, 0.2) is 0 Å². The molecule has 0 spiro atoms. The predicted molar refractivity (Wildman–Crippen MR) is 63.2 cm³/mol.